The monoisotopic (exact) mass is 450 g/mol. The molecule has 0 bridgehead atoms. The van der Waals surface area contributed by atoms with E-state index in [1.165, 1.54) is 13.0 Å². The van der Waals surface area contributed by atoms with E-state index in [1.54, 1.807) is 0 Å². The summed E-state index contributed by atoms with van der Waals surface area (Å²) in [4.78, 5) is 36.2. The molecule has 3 rings (SSSR count). The number of benzene rings is 2. The first-order valence-electron chi connectivity index (χ1n) is 11.1. The van der Waals surface area contributed by atoms with E-state index < -0.39 is 18.1 Å². The molecule has 0 fully saturated rings. The number of alkyl carbamates (subject to hydrolysis) is 1. The summed E-state index contributed by atoms with van der Waals surface area (Å²) in [6.07, 6.45) is 1.43. The SMILES string of the molecule is CCC(C)[C@H](NC(=O)OCC1c2ccccc2-c2ccccc21)C(=O)NC/C=C(\C)C(=O)O. The number of carbonyl (C=O) groups excluding carboxylic acids is 2. The number of hydrogen-bond acceptors (Lipinski definition) is 4. The van der Waals surface area contributed by atoms with Gasteiger partial charge in [-0.15, -0.1) is 0 Å². The number of carboxylic acids is 1. The highest BCUT2D eigenvalue weighted by Gasteiger charge is 2.30. The smallest absolute Gasteiger partial charge is 0.407 e. The summed E-state index contributed by atoms with van der Waals surface area (Å²) in [6.45, 7) is 5.48. The predicted octanol–water partition coefficient (Wildman–Crippen LogP) is 4.09. The quantitative estimate of drug-likeness (QED) is 0.499. The Morgan fingerprint density at radius 3 is 2.18 bits per heavy atom. The minimum absolute atomic E-state index is 0.0657. The van der Waals surface area contributed by atoms with E-state index in [2.05, 4.69) is 22.8 Å². The largest absolute Gasteiger partial charge is 0.478 e. The molecule has 0 heterocycles. The molecule has 0 aromatic heterocycles. The normalized spacial score (nSPS) is 14.6. The van der Waals surface area contributed by atoms with Crippen molar-refractivity contribution in [2.24, 2.45) is 5.92 Å². The van der Waals surface area contributed by atoms with Crippen molar-refractivity contribution >= 4 is 18.0 Å². The van der Waals surface area contributed by atoms with Gasteiger partial charge in [0, 0.05) is 18.0 Å². The van der Waals surface area contributed by atoms with Gasteiger partial charge >= 0.3 is 12.1 Å². The van der Waals surface area contributed by atoms with E-state index >= 15 is 0 Å². The van der Waals surface area contributed by atoms with Gasteiger partial charge in [-0.3, -0.25) is 4.79 Å². The fourth-order valence-electron chi connectivity index (χ4n) is 3.97. The summed E-state index contributed by atoms with van der Waals surface area (Å²) in [5.41, 5.74) is 4.65. The Morgan fingerprint density at radius 1 is 1.06 bits per heavy atom. The third-order valence-corrected chi connectivity index (χ3v) is 6.13. The van der Waals surface area contributed by atoms with Crippen LogP contribution in [0.3, 0.4) is 0 Å². The van der Waals surface area contributed by atoms with Crippen molar-refractivity contribution in [1.29, 1.82) is 0 Å². The number of hydrogen-bond donors (Lipinski definition) is 3. The van der Waals surface area contributed by atoms with Crippen LogP contribution in [0.15, 0.2) is 60.2 Å². The lowest BCUT2D eigenvalue weighted by atomic mass is 9.98. The van der Waals surface area contributed by atoms with Gasteiger partial charge in [0.1, 0.15) is 12.6 Å². The first kappa shape index (κ1) is 24.0. The number of rotatable bonds is 9. The molecule has 1 aliphatic rings. The van der Waals surface area contributed by atoms with Gasteiger partial charge in [-0.25, -0.2) is 9.59 Å². The molecule has 2 amide bonds. The molecule has 174 valence electrons. The fraction of sp³-hybridized carbons (Fsp3) is 0.346. The maximum atomic E-state index is 12.7. The Hall–Kier alpha value is -3.61. The van der Waals surface area contributed by atoms with Gasteiger partial charge in [-0.2, -0.15) is 0 Å². The van der Waals surface area contributed by atoms with Gasteiger partial charge in [-0.05, 0) is 35.1 Å². The third kappa shape index (κ3) is 5.61. The first-order valence-corrected chi connectivity index (χ1v) is 11.1. The second-order valence-corrected chi connectivity index (χ2v) is 8.27. The van der Waals surface area contributed by atoms with Gasteiger partial charge in [0.2, 0.25) is 5.91 Å². The van der Waals surface area contributed by atoms with E-state index in [1.807, 2.05) is 50.2 Å². The molecule has 0 saturated carbocycles. The average molecular weight is 451 g/mol. The molecule has 1 aliphatic carbocycles. The number of amides is 2. The first-order chi connectivity index (χ1) is 15.8. The Labute approximate surface area is 193 Å². The van der Waals surface area contributed by atoms with Gasteiger partial charge in [0.25, 0.3) is 0 Å². The standard InChI is InChI=1S/C26H30N2O5/c1-4-16(2)23(24(29)27-14-13-17(3)25(30)31)28-26(32)33-15-22-20-11-7-5-9-18(20)19-10-6-8-12-21(19)22/h5-13,16,22-23H,4,14-15H2,1-3H3,(H,27,29)(H,28,32)(H,30,31)/b17-13+/t16?,23-/m0/s1. The average Bonchev–Trinajstić information content (AvgIpc) is 3.14. The number of ether oxygens (including phenoxy) is 1. The second kappa shape index (κ2) is 10.8. The van der Waals surface area contributed by atoms with Crippen LogP contribution < -0.4 is 10.6 Å². The van der Waals surface area contributed by atoms with Crippen LogP contribution in [0, 0.1) is 5.92 Å². The molecule has 7 nitrogen and oxygen atoms in total. The highest BCUT2D eigenvalue weighted by Crippen LogP contribution is 2.44. The van der Waals surface area contributed by atoms with E-state index in [9.17, 15) is 14.4 Å². The summed E-state index contributed by atoms with van der Waals surface area (Å²) < 4.78 is 5.57. The van der Waals surface area contributed by atoms with E-state index in [4.69, 9.17) is 9.84 Å². The lowest BCUT2D eigenvalue weighted by Crippen LogP contribution is -2.50. The van der Waals surface area contributed by atoms with Gasteiger partial charge in [-0.1, -0.05) is 74.9 Å². The number of nitrogens with one attached hydrogen (secondary N) is 2. The summed E-state index contributed by atoms with van der Waals surface area (Å²) in [6, 6.07) is 15.4. The lowest BCUT2D eigenvalue weighted by molar-refractivity contribution is -0.132. The van der Waals surface area contributed by atoms with Gasteiger partial charge < -0.3 is 20.5 Å². The minimum Gasteiger partial charge on any atom is -0.478 e. The van der Waals surface area contributed by atoms with Crippen molar-refractivity contribution in [3.05, 3.63) is 71.3 Å². The van der Waals surface area contributed by atoms with Crippen molar-refractivity contribution in [3.63, 3.8) is 0 Å². The second-order valence-electron chi connectivity index (χ2n) is 8.27. The van der Waals surface area contributed by atoms with Crippen LogP contribution in [0.25, 0.3) is 11.1 Å². The molecular weight excluding hydrogens is 420 g/mol. The molecule has 0 radical (unpaired) electrons. The Balaban J connectivity index is 1.64. The predicted molar refractivity (Wildman–Crippen MR) is 126 cm³/mol. The minimum atomic E-state index is -1.04. The number of carbonyl (C=O) groups is 3. The van der Waals surface area contributed by atoms with Gasteiger partial charge in [0.05, 0.1) is 0 Å². The highest BCUT2D eigenvalue weighted by atomic mass is 16.5. The van der Waals surface area contributed by atoms with Crippen LogP contribution in [0.5, 0.6) is 0 Å². The summed E-state index contributed by atoms with van der Waals surface area (Å²) in [5, 5.41) is 14.3. The molecule has 3 N–H and O–H groups in total. The summed E-state index contributed by atoms with van der Waals surface area (Å²) in [5.74, 6) is -1.62. The van der Waals surface area contributed by atoms with E-state index in [0.717, 1.165) is 22.3 Å². The van der Waals surface area contributed by atoms with Crippen LogP contribution in [0.1, 0.15) is 44.2 Å². The molecule has 0 aliphatic heterocycles. The maximum Gasteiger partial charge on any atom is 0.407 e. The molecule has 2 atom stereocenters. The molecular formula is C26H30N2O5. The van der Waals surface area contributed by atoms with Crippen molar-refractivity contribution in [1.82, 2.24) is 10.6 Å². The van der Waals surface area contributed by atoms with Crippen molar-refractivity contribution < 1.29 is 24.2 Å². The zero-order chi connectivity index (χ0) is 24.0. The number of fused-ring (bicyclic) bond motifs is 3. The zero-order valence-electron chi connectivity index (χ0n) is 19.1. The molecule has 2 aromatic rings. The molecule has 33 heavy (non-hydrogen) atoms. The Kier molecular flexibility index (Phi) is 7.87. The Morgan fingerprint density at radius 2 is 1.64 bits per heavy atom. The number of carboxylic acid groups (broad SMARTS) is 1. The maximum absolute atomic E-state index is 12.7. The molecule has 2 aromatic carbocycles. The summed E-state index contributed by atoms with van der Waals surface area (Å²) in [7, 11) is 0. The molecule has 0 spiro atoms. The lowest BCUT2D eigenvalue weighted by Gasteiger charge is -2.23. The van der Waals surface area contributed by atoms with Crippen LogP contribution in [0.2, 0.25) is 0 Å². The third-order valence-electron chi connectivity index (χ3n) is 6.13. The van der Waals surface area contributed by atoms with Crippen LogP contribution in [0.4, 0.5) is 4.79 Å². The van der Waals surface area contributed by atoms with Crippen molar-refractivity contribution in [2.75, 3.05) is 13.2 Å². The molecule has 7 heteroatoms. The number of aliphatic carboxylic acids is 1. The summed E-state index contributed by atoms with van der Waals surface area (Å²) >= 11 is 0. The van der Waals surface area contributed by atoms with E-state index in [0.29, 0.717) is 6.42 Å². The van der Waals surface area contributed by atoms with Crippen LogP contribution >= 0.6 is 0 Å². The highest BCUT2D eigenvalue weighted by molar-refractivity contribution is 5.87. The van der Waals surface area contributed by atoms with Crippen LogP contribution in [-0.4, -0.2) is 42.3 Å². The van der Waals surface area contributed by atoms with Crippen molar-refractivity contribution in [2.45, 2.75) is 39.2 Å². The zero-order valence-corrected chi connectivity index (χ0v) is 19.1. The Bertz CT molecular complexity index is 1020. The molecule has 0 saturated heterocycles. The van der Waals surface area contributed by atoms with Gasteiger partial charge in [0.15, 0.2) is 0 Å². The van der Waals surface area contributed by atoms with Crippen LogP contribution in [-0.2, 0) is 14.3 Å². The van der Waals surface area contributed by atoms with Crippen molar-refractivity contribution in [3.8, 4) is 11.1 Å². The van der Waals surface area contributed by atoms with E-state index in [-0.39, 0.29) is 36.5 Å². The fourth-order valence-corrected chi connectivity index (χ4v) is 3.97. The topological polar surface area (TPSA) is 105 Å². The molecule has 1 unspecified atom stereocenters.